The van der Waals surface area contributed by atoms with Crippen LogP contribution in [0.1, 0.15) is 17.8 Å². The largest absolute Gasteiger partial charge is 0.365 e. The van der Waals surface area contributed by atoms with Gasteiger partial charge in [0.1, 0.15) is 0 Å². The Morgan fingerprint density at radius 1 is 1.03 bits per heavy atom. The van der Waals surface area contributed by atoms with E-state index in [4.69, 9.17) is 16.8 Å². The van der Waals surface area contributed by atoms with Crippen LogP contribution in [-0.2, 0) is 9.59 Å². The van der Waals surface area contributed by atoms with E-state index in [0.717, 1.165) is 23.7 Å². The van der Waals surface area contributed by atoms with Crippen molar-refractivity contribution < 1.29 is 14.8 Å². The summed E-state index contributed by atoms with van der Waals surface area (Å²) in [4.78, 5) is 32.4. The molecule has 0 aliphatic carbocycles. The number of amides is 2. The van der Waals surface area contributed by atoms with Crippen molar-refractivity contribution in [2.45, 2.75) is 18.5 Å². The normalized spacial score (nSPS) is 20.5. The van der Waals surface area contributed by atoms with Crippen molar-refractivity contribution in [3.8, 4) is 0 Å². The summed E-state index contributed by atoms with van der Waals surface area (Å²) >= 11 is 5.98. The van der Waals surface area contributed by atoms with Gasteiger partial charge in [0.05, 0.1) is 17.4 Å². The number of likely N-dealkylation sites (tertiary alicyclic amines) is 1. The molecule has 2 amide bonds. The zero-order valence-corrected chi connectivity index (χ0v) is 16.9. The smallest absolute Gasteiger partial charge is 0.267 e. The van der Waals surface area contributed by atoms with Crippen LogP contribution < -0.4 is 10.4 Å². The molecule has 3 heterocycles. The Hall–Kier alpha value is -3.16. The number of carbonyl (C=O) groups excluding carboxylic acids is 2. The van der Waals surface area contributed by atoms with Crippen molar-refractivity contribution in [2.75, 3.05) is 18.0 Å². The number of hydroxylamine groups is 1. The molecule has 4 rings (SSSR count). The zero-order valence-electron chi connectivity index (χ0n) is 16.1. The van der Waals surface area contributed by atoms with E-state index < -0.39 is 5.91 Å². The monoisotopic (exact) mass is 424 g/mol. The average molecular weight is 425 g/mol. The number of aromatic nitrogens is 1. The van der Waals surface area contributed by atoms with Gasteiger partial charge in [-0.25, -0.2) is 10.5 Å². The number of nitrogens with one attached hydrogen (secondary N) is 1. The first-order valence-electron chi connectivity index (χ1n) is 9.63. The summed E-state index contributed by atoms with van der Waals surface area (Å²) in [5, 5.41) is 9.24. The summed E-state index contributed by atoms with van der Waals surface area (Å²) < 4.78 is 0. The van der Waals surface area contributed by atoms with Crippen LogP contribution >= 0.6 is 11.6 Å². The highest BCUT2D eigenvalue weighted by Crippen LogP contribution is 2.35. The van der Waals surface area contributed by atoms with E-state index >= 15 is 0 Å². The van der Waals surface area contributed by atoms with Crippen LogP contribution in [0.25, 0.3) is 12.2 Å². The van der Waals surface area contributed by atoms with Gasteiger partial charge in [-0.2, -0.15) is 0 Å². The summed E-state index contributed by atoms with van der Waals surface area (Å²) in [6.07, 6.45) is 6.84. The van der Waals surface area contributed by atoms with Crippen molar-refractivity contribution >= 4 is 41.3 Å². The van der Waals surface area contributed by atoms with E-state index in [1.807, 2.05) is 29.2 Å². The molecule has 2 aliphatic heterocycles. The molecule has 1 aromatic heterocycles. The molecule has 0 saturated carbocycles. The van der Waals surface area contributed by atoms with Crippen LogP contribution in [0.5, 0.6) is 0 Å². The van der Waals surface area contributed by atoms with Crippen LogP contribution in [0.15, 0.2) is 54.6 Å². The van der Waals surface area contributed by atoms with Gasteiger partial charge in [-0.3, -0.25) is 14.8 Å². The van der Waals surface area contributed by atoms with E-state index in [9.17, 15) is 9.59 Å². The van der Waals surface area contributed by atoms with Crippen molar-refractivity contribution in [1.29, 1.82) is 0 Å². The first-order valence-corrected chi connectivity index (χ1v) is 10.0. The van der Waals surface area contributed by atoms with E-state index in [0.29, 0.717) is 24.0 Å². The topological polar surface area (TPSA) is 85.8 Å². The second-order valence-electron chi connectivity index (χ2n) is 7.29. The van der Waals surface area contributed by atoms with Crippen LogP contribution in [-0.4, -0.2) is 52.1 Å². The third-order valence-corrected chi connectivity index (χ3v) is 5.64. The first kappa shape index (κ1) is 20.1. The molecule has 30 heavy (non-hydrogen) atoms. The molecule has 0 radical (unpaired) electrons. The molecular weight excluding hydrogens is 404 g/mol. The molecule has 2 bridgehead atoms. The minimum Gasteiger partial charge on any atom is -0.365 e. The fourth-order valence-electron chi connectivity index (χ4n) is 3.99. The molecule has 2 fully saturated rings. The van der Waals surface area contributed by atoms with Gasteiger partial charge in [-0.1, -0.05) is 17.7 Å². The molecule has 8 heteroatoms. The molecule has 0 spiro atoms. The summed E-state index contributed by atoms with van der Waals surface area (Å²) in [5.41, 5.74) is 3.82. The number of piperazine rings is 1. The highest BCUT2D eigenvalue weighted by atomic mass is 35.5. The van der Waals surface area contributed by atoms with E-state index in [2.05, 4.69) is 9.88 Å². The first-order chi connectivity index (χ1) is 14.5. The lowest BCUT2D eigenvalue weighted by atomic mass is 10.2. The molecule has 2 N–H and O–H groups in total. The molecule has 2 saturated heterocycles. The fraction of sp³-hybridized carbons (Fsp3) is 0.227. The van der Waals surface area contributed by atoms with Crippen LogP contribution in [0.4, 0.5) is 5.69 Å². The van der Waals surface area contributed by atoms with Gasteiger partial charge in [0.25, 0.3) is 5.91 Å². The Bertz CT molecular complexity index is 1010. The standard InChI is InChI=1S/C22H21ClN4O3/c23-15-4-8-18(9-5-15)26-13-20-12-19(26)14-27(20)22(29)11-7-17-3-1-2-16(24-17)6-10-21(28)25-30/h1-11,19-20,30H,12-14H2,(H,25,28)/b10-6+,11-7+. The molecule has 2 aromatic rings. The predicted molar refractivity (Wildman–Crippen MR) is 115 cm³/mol. The highest BCUT2D eigenvalue weighted by Gasteiger charge is 2.44. The third kappa shape index (κ3) is 4.37. The van der Waals surface area contributed by atoms with E-state index in [1.54, 1.807) is 30.4 Å². The lowest BCUT2D eigenvalue weighted by molar-refractivity contribution is -0.127. The van der Waals surface area contributed by atoms with Crippen LogP contribution in [0.3, 0.4) is 0 Å². The van der Waals surface area contributed by atoms with Gasteiger partial charge in [-0.15, -0.1) is 0 Å². The third-order valence-electron chi connectivity index (χ3n) is 5.39. The minimum absolute atomic E-state index is 0.0272. The quantitative estimate of drug-likeness (QED) is 0.438. The molecule has 2 aliphatic rings. The number of carbonyl (C=O) groups is 2. The second kappa shape index (κ2) is 8.69. The summed E-state index contributed by atoms with van der Waals surface area (Å²) in [6, 6.07) is 13.6. The lowest BCUT2D eigenvalue weighted by Gasteiger charge is -2.35. The maximum absolute atomic E-state index is 12.7. The summed E-state index contributed by atoms with van der Waals surface area (Å²) in [5.74, 6) is -0.662. The van der Waals surface area contributed by atoms with Gasteiger partial charge in [-0.05, 0) is 55.0 Å². The Morgan fingerprint density at radius 2 is 1.73 bits per heavy atom. The minimum atomic E-state index is -0.635. The molecular formula is C22H21ClN4O3. The number of hydrogen-bond donors (Lipinski definition) is 2. The number of hydrogen-bond acceptors (Lipinski definition) is 5. The van der Waals surface area contributed by atoms with E-state index in [-0.39, 0.29) is 11.9 Å². The Labute approximate surface area is 179 Å². The lowest BCUT2D eigenvalue weighted by Crippen LogP contribution is -2.48. The summed E-state index contributed by atoms with van der Waals surface area (Å²) in [7, 11) is 0. The number of halogens is 1. The van der Waals surface area contributed by atoms with E-state index in [1.165, 1.54) is 17.6 Å². The Morgan fingerprint density at radius 3 is 2.37 bits per heavy atom. The Balaban J connectivity index is 1.38. The molecule has 2 unspecified atom stereocenters. The van der Waals surface area contributed by atoms with Crippen molar-refractivity contribution in [3.05, 3.63) is 71.0 Å². The van der Waals surface area contributed by atoms with Gasteiger partial charge in [0, 0.05) is 42.0 Å². The van der Waals surface area contributed by atoms with Gasteiger partial charge >= 0.3 is 0 Å². The maximum Gasteiger partial charge on any atom is 0.267 e. The highest BCUT2D eigenvalue weighted by molar-refractivity contribution is 6.30. The fourth-order valence-corrected chi connectivity index (χ4v) is 4.12. The average Bonchev–Trinajstić information content (AvgIpc) is 3.38. The Kier molecular flexibility index (Phi) is 5.83. The number of anilines is 1. The number of pyridine rings is 1. The van der Waals surface area contributed by atoms with Crippen molar-refractivity contribution in [2.24, 2.45) is 0 Å². The van der Waals surface area contributed by atoms with Crippen LogP contribution in [0.2, 0.25) is 5.02 Å². The van der Waals surface area contributed by atoms with Gasteiger partial charge in [0.15, 0.2) is 0 Å². The predicted octanol–water partition coefficient (Wildman–Crippen LogP) is 2.76. The molecule has 2 atom stereocenters. The number of rotatable bonds is 5. The second-order valence-corrected chi connectivity index (χ2v) is 7.73. The number of nitrogens with zero attached hydrogens (tertiary/aromatic N) is 3. The van der Waals surface area contributed by atoms with Crippen LogP contribution in [0, 0.1) is 0 Å². The van der Waals surface area contributed by atoms with Crippen molar-refractivity contribution in [1.82, 2.24) is 15.4 Å². The van der Waals surface area contributed by atoms with Gasteiger partial charge < -0.3 is 9.80 Å². The number of benzene rings is 1. The SMILES string of the molecule is O=C(/C=C/c1cccc(/C=C/C(=O)N2CC3CC2CN3c2ccc(Cl)cc2)n1)NO. The molecule has 7 nitrogen and oxygen atoms in total. The van der Waals surface area contributed by atoms with Gasteiger partial charge in [0.2, 0.25) is 5.91 Å². The zero-order chi connectivity index (χ0) is 21.1. The number of fused-ring (bicyclic) bond motifs is 2. The van der Waals surface area contributed by atoms with Crippen molar-refractivity contribution in [3.63, 3.8) is 0 Å². The maximum atomic E-state index is 12.7. The summed E-state index contributed by atoms with van der Waals surface area (Å²) in [6.45, 7) is 1.51. The molecule has 1 aromatic carbocycles. The molecule has 154 valence electrons.